The van der Waals surface area contributed by atoms with Gasteiger partial charge in [-0.1, -0.05) is 6.07 Å². The lowest BCUT2D eigenvalue weighted by atomic mass is 10.0. The van der Waals surface area contributed by atoms with Crippen LogP contribution in [-0.2, 0) is 31.8 Å². The molecule has 1 saturated heterocycles. The molecule has 1 aliphatic heterocycles. The van der Waals surface area contributed by atoms with Gasteiger partial charge in [-0.2, -0.15) is 44.6 Å². The molecule has 214 valence electrons. The van der Waals surface area contributed by atoms with Crippen LogP contribution in [0.2, 0.25) is 0 Å². The SMILES string of the molecule is O=C(O)[C@@H]1C[C@@H](S(=O)(=O)c2ccc(-c3cn[nH]c3C(F)(F)F)cc2C(F)(F)F)CN1C(=O)C1(C(F)(F)F)CC1. The molecule has 18 heteroatoms. The van der Waals surface area contributed by atoms with Gasteiger partial charge in [0.1, 0.15) is 17.2 Å². The van der Waals surface area contributed by atoms with Crippen LogP contribution >= 0.6 is 0 Å². The number of carboxylic acid groups (broad SMARTS) is 1. The van der Waals surface area contributed by atoms with E-state index in [1.165, 1.54) is 0 Å². The van der Waals surface area contributed by atoms with Crippen LogP contribution in [0.15, 0.2) is 29.3 Å². The van der Waals surface area contributed by atoms with Crippen molar-refractivity contribution in [1.82, 2.24) is 15.1 Å². The zero-order chi connectivity index (χ0) is 29.3. The molecule has 2 aromatic rings. The number of likely N-dealkylation sites (tertiary alicyclic amines) is 1. The van der Waals surface area contributed by atoms with E-state index < -0.39 is 110 Å². The number of aliphatic carboxylic acids is 1. The van der Waals surface area contributed by atoms with Crippen molar-refractivity contribution in [2.75, 3.05) is 6.54 Å². The molecule has 0 bridgehead atoms. The van der Waals surface area contributed by atoms with Crippen molar-refractivity contribution in [2.45, 2.75) is 54.0 Å². The predicted molar refractivity (Wildman–Crippen MR) is 110 cm³/mol. The maximum absolute atomic E-state index is 13.9. The average Bonchev–Trinajstić information content (AvgIpc) is 3.26. The first-order valence-electron chi connectivity index (χ1n) is 10.9. The average molecular weight is 593 g/mol. The number of carboxylic acids is 1. The standard InChI is InChI=1S/C21H16F9N3O5S/c22-19(23,24)12-5-9(11-7-31-32-15(11)20(25,26)27)1-2-14(12)39(37,38)10-6-13(16(34)35)33(8-10)17(36)18(3-4-18)21(28,29)30/h1-2,5,7,10,13H,3-4,6,8H2,(H,31,32)(H,34,35)/t10-,13+/m1/s1. The number of nitrogens with one attached hydrogen (secondary N) is 1. The molecular weight excluding hydrogens is 577 g/mol. The van der Waals surface area contributed by atoms with Crippen molar-refractivity contribution >= 4 is 21.7 Å². The fourth-order valence-corrected chi connectivity index (χ4v) is 6.46. The van der Waals surface area contributed by atoms with Crippen LogP contribution in [-0.4, -0.2) is 64.5 Å². The maximum atomic E-state index is 13.9. The van der Waals surface area contributed by atoms with Gasteiger partial charge in [-0.25, -0.2) is 13.2 Å². The number of benzene rings is 1. The molecule has 2 N–H and O–H groups in total. The smallest absolute Gasteiger partial charge is 0.433 e. The van der Waals surface area contributed by atoms with E-state index in [0.717, 1.165) is 0 Å². The third kappa shape index (κ3) is 4.82. The Balaban J connectivity index is 1.75. The highest BCUT2D eigenvalue weighted by Crippen LogP contribution is 2.59. The van der Waals surface area contributed by atoms with E-state index >= 15 is 0 Å². The molecule has 2 heterocycles. The lowest BCUT2D eigenvalue weighted by molar-refractivity contribution is -0.199. The van der Waals surface area contributed by atoms with E-state index in [1.54, 1.807) is 5.10 Å². The van der Waals surface area contributed by atoms with Crippen LogP contribution in [0.1, 0.15) is 30.5 Å². The summed E-state index contributed by atoms with van der Waals surface area (Å²) in [7, 11) is -5.17. The number of halogens is 9. The summed E-state index contributed by atoms with van der Waals surface area (Å²) in [6, 6.07) is -0.898. The number of nitrogens with zero attached hydrogens (tertiary/aromatic N) is 2. The van der Waals surface area contributed by atoms with Gasteiger partial charge in [0, 0.05) is 12.1 Å². The number of amides is 1. The van der Waals surface area contributed by atoms with Crippen molar-refractivity contribution in [3.8, 4) is 11.1 Å². The fourth-order valence-electron chi connectivity index (χ4n) is 4.57. The maximum Gasteiger partial charge on any atom is 0.433 e. The molecule has 8 nitrogen and oxygen atoms in total. The van der Waals surface area contributed by atoms with Gasteiger partial charge < -0.3 is 10.0 Å². The van der Waals surface area contributed by atoms with Gasteiger partial charge in [0.05, 0.1) is 21.9 Å². The predicted octanol–water partition coefficient (Wildman–Crippen LogP) is 4.28. The second kappa shape index (κ2) is 8.85. The number of carbonyl (C=O) groups excluding carboxylic acids is 1. The Kier molecular flexibility index (Phi) is 6.51. The Morgan fingerprint density at radius 1 is 1.03 bits per heavy atom. The first kappa shape index (κ1) is 28.7. The van der Waals surface area contributed by atoms with E-state index in [0.29, 0.717) is 18.3 Å². The lowest BCUT2D eigenvalue weighted by Crippen LogP contribution is -2.48. The molecule has 1 saturated carbocycles. The fraction of sp³-hybridized carbons (Fsp3) is 0.476. The first-order valence-corrected chi connectivity index (χ1v) is 12.4. The van der Waals surface area contributed by atoms with Gasteiger partial charge in [0.25, 0.3) is 0 Å². The molecule has 0 spiro atoms. The lowest BCUT2D eigenvalue weighted by Gasteiger charge is -2.28. The molecule has 4 rings (SSSR count). The summed E-state index contributed by atoms with van der Waals surface area (Å²) in [4.78, 5) is 23.1. The molecule has 1 aromatic carbocycles. The molecule has 0 radical (unpaired) electrons. The van der Waals surface area contributed by atoms with Gasteiger partial charge in [-0.3, -0.25) is 9.89 Å². The Hall–Kier alpha value is -3.31. The second-order valence-corrected chi connectivity index (χ2v) is 11.4. The minimum Gasteiger partial charge on any atom is -0.480 e. The van der Waals surface area contributed by atoms with Crippen molar-refractivity contribution in [1.29, 1.82) is 0 Å². The number of hydrogen-bond donors (Lipinski definition) is 2. The molecule has 2 atom stereocenters. The van der Waals surface area contributed by atoms with Crippen molar-refractivity contribution in [3.05, 3.63) is 35.7 Å². The molecular formula is C21H16F9N3O5S. The number of aromatic nitrogens is 2. The number of carbonyl (C=O) groups is 2. The van der Waals surface area contributed by atoms with Crippen molar-refractivity contribution < 1.29 is 62.6 Å². The summed E-state index contributed by atoms with van der Waals surface area (Å²) in [6.07, 6.45) is -17.3. The van der Waals surface area contributed by atoms with Crippen LogP contribution in [0.25, 0.3) is 11.1 Å². The number of rotatable bonds is 5. The van der Waals surface area contributed by atoms with E-state index in [1.807, 2.05) is 0 Å². The molecule has 1 aromatic heterocycles. The Morgan fingerprint density at radius 2 is 1.64 bits per heavy atom. The summed E-state index contributed by atoms with van der Waals surface area (Å²) >= 11 is 0. The van der Waals surface area contributed by atoms with Crippen LogP contribution in [0, 0.1) is 5.41 Å². The summed E-state index contributed by atoms with van der Waals surface area (Å²) < 4.78 is 148. The molecule has 0 unspecified atom stereocenters. The van der Waals surface area contributed by atoms with Crippen LogP contribution in [0.5, 0.6) is 0 Å². The minimum atomic E-state index is -5.44. The van der Waals surface area contributed by atoms with E-state index in [4.69, 9.17) is 0 Å². The third-order valence-corrected chi connectivity index (χ3v) is 8.96. The summed E-state index contributed by atoms with van der Waals surface area (Å²) in [5.74, 6) is -3.55. The highest BCUT2D eigenvalue weighted by molar-refractivity contribution is 7.92. The zero-order valence-electron chi connectivity index (χ0n) is 19.1. The van der Waals surface area contributed by atoms with E-state index in [9.17, 15) is 62.6 Å². The minimum absolute atomic E-state index is 0.141. The van der Waals surface area contributed by atoms with E-state index in [-0.39, 0.29) is 11.0 Å². The number of sulfone groups is 1. The summed E-state index contributed by atoms with van der Waals surface area (Å²) in [6.45, 7) is -1.13. The molecule has 2 fully saturated rings. The number of aromatic amines is 1. The third-order valence-electron chi connectivity index (χ3n) is 6.77. The van der Waals surface area contributed by atoms with Crippen LogP contribution < -0.4 is 0 Å². The topological polar surface area (TPSA) is 120 Å². The highest BCUT2D eigenvalue weighted by Gasteiger charge is 2.70. The largest absolute Gasteiger partial charge is 0.480 e. The molecule has 2 aliphatic rings. The summed E-state index contributed by atoms with van der Waals surface area (Å²) in [5.41, 5.74) is -7.81. The van der Waals surface area contributed by atoms with Gasteiger partial charge >= 0.3 is 24.5 Å². The second-order valence-electron chi connectivity index (χ2n) is 9.16. The van der Waals surface area contributed by atoms with E-state index in [2.05, 4.69) is 5.10 Å². The Morgan fingerprint density at radius 3 is 2.13 bits per heavy atom. The molecule has 1 aliphatic carbocycles. The van der Waals surface area contributed by atoms with Crippen molar-refractivity contribution in [2.24, 2.45) is 5.41 Å². The Labute approximate surface area is 212 Å². The van der Waals surface area contributed by atoms with Gasteiger partial charge in [0.2, 0.25) is 5.91 Å². The monoisotopic (exact) mass is 593 g/mol. The number of hydrogen-bond acceptors (Lipinski definition) is 5. The van der Waals surface area contributed by atoms with Gasteiger partial charge in [-0.05, 0) is 37.0 Å². The quantitative estimate of drug-likeness (QED) is 0.500. The number of H-pyrrole nitrogens is 1. The normalized spacial score (nSPS) is 21.7. The molecule has 1 amide bonds. The highest BCUT2D eigenvalue weighted by atomic mass is 32.2. The summed E-state index contributed by atoms with van der Waals surface area (Å²) in [5, 5.41) is 12.2. The van der Waals surface area contributed by atoms with Crippen LogP contribution in [0.3, 0.4) is 0 Å². The van der Waals surface area contributed by atoms with Gasteiger partial charge in [-0.15, -0.1) is 0 Å². The zero-order valence-corrected chi connectivity index (χ0v) is 19.9. The molecule has 39 heavy (non-hydrogen) atoms. The Bertz CT molecular complexity index is 1430. The van der Waals surface area contributed by atoms with Crippen molar-refractivity contribution in [3.63, 3.8) is 0 Å². The first-order chi connectivity index (χ1) is 17.7. The van der Waals surface area contributed by atoms with Crippen LogP contribution in [0.4, 0.5) is 39.5 Å². The van der Waals surface area contributed by atoms with Gasteiger partial charge in [0.15, 0.2) is 9.84 Å². The number of alkyl halides is 9.